The number of fused-ring (bicyclic) bond motifs is 1. The van der Waals surface area contributed by atoms with Gasteiger partial charge >= 0.3 is 0 Å². The van der Waals surface area contributed by atoms with Crippen molar-refractivity contribution in [1.82, 2.24) is 0 Å². The molecule has 0 aliphatic carbocycles. The largest absolute Gasteiger partial charge is 0.480 e. The lowest BCUT2D eigenvalue weighted by Crippen LogP contribution is -2.10. The van der Waals surface area contributed by atoms with Gasteiger partial charge in [0.1, 0.15) is 17.0 Å². The number of benzene rings is 1. The Bertz CT molecular complexity index is 473. The maximum atomic E-state index is 9.32. The molecule has 0 amide bonds. The van der Waals surface area contributed by atoms with E-state index in [0.717, 1.165) is 0 Å². The van der Waals surface area contributed by atoms with Gasteiger partial charge in [-0.15, -0.1) is 0 Å². The minimum absolute atomic E-state index is 0.192. The number of amidine groups is 1. The summed E-state index contributed by atoms with van der Waals surface area (Å²) >= 11 is 0. The van der Waals surface area contributed by atoms with E-state index in [1.807, 2.05) is 0 Å². The number of para-hydroxylation sites is 1. The third kappa shape index (κ3) is 1.03. The van der Waals surface area contributed by atoms with Crippen LogP contribution in [-0.4, -0.2) is 10.9 Å². The highest BCUT2D eigenvalue weighted by molar-refractivity contribution is 6.08. The van der Waals surface area contributed by atoms with Crippen molar-refractivity contribution in [3.63, 3.8) is 0 Å². The minimum Gasteiger partial charge on any atom is -0.480 e. The average Bonchev–Trinajstić information content (AvgIpc) is 2.39. The van der Waals surface area contributed by atoms with E-state index in [1.54, 1.807) is 24.3 Å². The summed E-state index contributed by atoms with van der Waals surface area (Å²) in [5.41, 5.74) is 6.08. The van der Waals surface area contributed by atoms with Crippen LogP contribution >= 0.6 is 0 Å². The van der Waals surface area contributed by atoms with Gasteiger partial charge in [-0.25, -0.2) is 0 Å². The first kappa shape index (κ1) is 7.67. The maximum absolute atomic E-state index is 9.32. The first-order valence-electron chi connectivity index (χ1n) is 3.75. The first-order chi connectivity index (χ1) is 6.20. The number of rotatable bonds is 1. The molecule has 13 heavy (non-hydrogen) atoms. The van der Waals surface area contributed by atoms with Gasteiger partial charge in [-0.3, -0.25) is 5.41 Å². The lowest BCUT2D eigenvalue weighted by molar-refractivity contribution is 0.345. The third-order valence-corrected chi connectivity index (χ3v) is 1.85. The molecule has 0 spiro atoms. The number of nitrogens with two attached hydrogens (primary N) is 1. The van der Waals surface area contributed by atoms with Crippen LogP contribution in [0.2, 0.25) is 0 Å². The summed E-state index contributed by atoms with van der Waals surface area (Å²) in [6, 6.07) is 7.04. The monoisotopic (exact) mass is 176 g/mol. The quantitative estimate of drug-likeness (QED) is 0.454. The van der Waals surface area contributed by atoms with Crippen molar-refractivity contribution in [2.45, 2.75) is 0 Å². The first-order valence-corrected chi connectivity index (χ1v) is 3.75. The van der Waals surface area contributed by atoms with Crippen LogP contribution in [-0.2, 0) is 0 Å². The van der Waals surface area contributed by atoms with Crippen molar-refractivity contribution in [3.8, 4) is 5.95 Å². The highest BCUT2D eigenvalue weighted by atomic mass is 16.5. The van der Waals surface area contributed by atoms with Gasteiger partial charge in [0.25, 0.3) is 5.95 Å². The summed E-state index contributed by atoms with van der Waals surface area (Å²) in [6.07, 6.45) is 0. The molecule has 1 heterocycles. The van der Waals surface area contributed by atoms with Gasteiger partial charge in [0, 0.05) is 5.39 Å². The Labute approximate surface area is 74.1 Å². The van der Waals surface area contributed by atoms with Crippen LogP contribution in [0.25, 0.3) is 11.0 Å². The van der Waals surface area contributed by atoms with Crippen LogP contribution in [0.15, 0.2) is 28.7 Å². The number of hydrogen-bond donors (Lipinski definition) is 3. The normalized spacial score (nSPS) is 10.5. The molecule has 0 aliphatic heterocycles. The van der Waals surface area contributed by atoms with Crippen LogP contribution in [0.5, 0.6) is 5.95 Å². The van der Waals surface area contributed by atoms with E-state index < -0.39 is 0 Å². The Balaban J connectivity index is 2.86. The third-order valence-electron chi connectivity index (χ3n) is 1.85. The average molecular weight is 176 g/mol. The summed E-state index contributed by atoms with van der Waals surface area (Å²) in [6.45, 7) is 0. The van der Waals surface area contributed by atoms with Crippen LogP contribution < -0.4 is 5.73 Å². The smallest absolute Gasteiger partial charge is 0.294 e. The van der Waals surface area contributed by atoms with Crippen molar-refractivity contribution >= 4 is 16.8 Å². The Morgan fingerprint density at radius 1 is 1.38 bits per heavy atom. The van der Waals surface area contributed by atoms with E-state index in [4.69, 9.17) is 15.6 Å². The number of aromatic hydroxyl groups is 1. The van der Waals surface area contributed by atoms with E-state index in [1.165, 1.54) is 0 Å². The second-order valence-corrected chi connectivity index (χ2v) is 2.69. The number of nitrogens with one attached hydrogen (secondary N) is 1. The molecule has 4 nitrogen and oxygen atoms in total. The summed E-state index contributed by atoms with van der Waals surface area (Å²) in [4.78, 5) is 0. The van der Waals surface area contributed by atoms with Gasteiger partial charge in [0.15, 0.2) is 0 Å². The van der Waals surface area contributed by atoms with Crippen LogP contribution in [0.1, 0.15) is 5.56 Å². The molecule has 0 fully saturated rings. The molecule has 2 aromatic rings. The van der Waals surface area contributed by atoms with Gasteiger partial charge < -0.3 is 15.3 Å². The van der Waals surface area contributed by atoms with Gasteiger partial charge in [-0.05, 0) is 6.07 Å². The van der Waals surface area contributed by atoms with Crippen LogP contribution in [0.4, 0.5) is 0 Å². The summed E-state index contributed by atoms with van der Waals surface area (Å²) in [5.74, 6) is -0.490. The highest BCUT2D eigenvalue weighted by Gasteiger charge is 2.14. The Hall–Kier alpha value is -1.97. The lowest BCUT2D eigenvalue weighted by Gasteiger charge is -1.92. The predicted octanol–water partition coefficient (Wildman–Crippen LogP) is 1.42. The maximum Gasteiger partial charge on any atom is 0.294 e. The molecule has 1 aromatic heterocycles. The molecule has 4 N–H and O–H groups in total. The molecular formula is C9H8N2O2. The lowest BCUT2D eigenvalue weighted by atomic mass is 10.1. The molecular weight excluding hydrogens is 168 g/mol. The van der Waals surface area contributed by atoms with E-state index in [2.05, 4.69) is 0 Å². The topological polar surface area (TPSA) is 83.2 Å². The second kappa shape index (κ2) is 2.52. The standard InChI is InChI=1S/C9H8N2O2/c10-8(11)7-5-3-1-2-4-6(5)13-9(7)12/h1-4,12H,(H3,10,11). The molecule has 0 aliphatic rings. The predicted molar refractivity (Wildman–Crippen MR) is 48.9 cm³/mol. The van der Waals surface area contributed by atoms with Crippen molar-refractivity contribution in [1.29, 1.82) is 5.41 Å². The zero-order chi connectivity index (χ0) is 9.42. The van der Waals surface area contributed by atoms with Crippen molar-refractivity contribution < 1.29 is 9.52 Å². The summed E-state index contributed by atoms with van der Waals surface area (Å²) < 4.78 is 5.00. The van der Waals surface area contributed by atoms with Crippen molar-refractivity contribution in [2.75, 3.05) is 0 Å². The van der Waals surface area contributed by atoms with E-state index in [9.17, 15) is 5.11 Å². The molecule has 1 aromatic carbocycles. The van der Waals surface area contributed by atoms with E-state index >= 15 is 0 Å². The fourth-order valence-corrected chi connectivity index (χ4v) is 1.29. The Morgan fingerprint density at radius 2 is 2.08 bits per heavy atom. The van der Waals surface area contributed by atoms with Crippen LogP contribution in [0.3, 0.4) is 0 Å². The fraction of sp³-hybridized carbons (Fsp3) is 0. The minimum atomic E-state index is -0.297. The molecule has 0 unspecified atom stereocenters. The van der Waals surface area contributed by atoms with E-state index in [0.29, 0.717) is 11.0 Å². The Kier molecular flexibility index (Phi) is 1.48. The van der Waals surface area contributed by atoms with Gasteiger partial charge in [0.2, 0.25) is 0 Å². The fourth-order valence-electron chi connectivity index (χ4n) is 1.29. The van der Waals surface area contributed by atoms with Crippen molar-refractivity contribution in [2.24, 2.45) is 5.73 Å². The molecule has 0 saturated carbocycles. The zero-order valence-corrected chi connectivity index (χ0v) is 6.74. The molecule has 0 radical (unpaired) electrons. The molecule has 0 bridgehead atoms. The second-order valence-electron chi connectivity index (χ2n) is 2.69. The molecule has 66 valence electrons. The number of hydrogen-bond acceptors (Lipinski definition) is 3. The Morgan fingerprint density at radius 3 is 2.77 bits per heavy atom. The van der Waals surface area contributed by atoms with Gasteiger partial charge in [0.05, 0.1) is 0 Å². The highest BCUT2D eigenvalue weighted by Crippen LogP contribution is 2.29. The molecule has 0 saturated heterocycles. The van der Waals surface area contributed by atoms with E-state index in [-0.39, 0.29) is 17.3 Å². The summed E-state index contributed by atoms with van der Waals surface area (Å²) in [7, 11) is 0. The number of nitrogen functional groups attached to an aromatic ring is 1. The summed E-state index contributed by atoms with van der Waals surface area (Å²) in [5, 5.41) is 17.2. The molecule has 4 heteroatoms. The molecule has 2 rings (SSSR count). The number of furan rings is 1. The van der Waals surface area contributed by atoms with Gasteiger partial charge in [-0.2, -0.15) is 0 Å². The zero-order valence-electron chi connectivity index (χ0n) is 6.74. The van der Waals surface area contributed by atoms with Crippen LogP contribution in [0, 0.1) is 5.41 Å². The SMILES string of the molecule is N=C(N)c1c(O)oc2ccccc12. The van der Waals surface area contributed by atoms with Crippen molar-refractivity contribution in [3.05, 3.63) is 29.8 Å². The molecule has 0 atom stereocenters. The van der Waals surface area contributed by atoms with Gasteiger partial charge in [-0.1, -0.05) is 18.2 Å².